The molecule has 0 aromatic heterocycles. The summed E-state index contributed by atoms with van der Waals surface area (Å²) in [4.78, 5) is 0. The SMILES string of the molecule is CC(C)CCOCOc1ccc2c(c1)[C@@]1(C)CCCCC[C@@H](C2)[C@@H]1N. The topological polar surface area (TPSA) is 44.5 Å². The third-order valence-electron chi connectivity index (χ3n) is 6.34. The van der Waals surface area contributed by atoms with Crippen LogP contribution in [0.4, 0.5) is 0 Å². The number of benzene rings is 1. The van der Waals surface area contributed by atoms with Gasteiger partial charge in [0, 0.05) is 11.5 Å². The van der Waals surface area contributed by atoms with Crippen LogP contribution in [0.3, 0.4) is 0 Å². The van der Waals surface area contributed by atoms with Crippen LogP contribution in [0.5, 0.6) is 5.75 Å². The predicted molar refractivity (Wildman–Crippen MR) is 103 cm³/mol. The lowest BCUT2D eigenvalue weighted by Crippen LogP contribution is -2.52. The van der Waals surface area contributed by atoms with Crippen LogP contribution in [-0.4, -0.2) is 19.4 Å². The molecule has 0 radical (unpaired) electrons. The van der Waals surface area contributed by atoms with E-state index in [1.807, 2.05) is 0 Å². The van der Waals surface area contributed by atoms with E-state index in [1.165, 1.54) is 43.2 Å². The van der Waals surface area contributed by atoms with E-state index in [0.29, 0.717) is 18.6 Å². The van der Waals surface area contributed by atoms with Crippen molar-refractivity contribution in [1.29, 1.82) is 0 Å². The molecule has 3 atom stereocenters. The van der Waals surface area contributed by atoms with Gasteiger partial charge >= 0.3 is 0 Å². The van der Waals surface area contributed by atoms with Crippen molar-refractivity contribution in [3.05, 3.63) is 29.3 Å². The van der Waals surface area contributed by atoms with E-state index in [9.17, 15) is 0 Å². The van der Waals surface area contributed by atoms with Crippen LogP contribution >= 0.6 is 0 Å². The Morgan fingerprint density at radius 3 is 2.88 bits per heavy atom. The molecule has 1 saturated carbocycles. The molecule has 2 N–H and O–H groups in total. The minimum Gasteiger partial charge on any atom is -0.468 e. The van der Waals surface area contributed by atoms with Gasteiger partial charge in [0.2, 0.25) is 0 Å². The average Bonchev–Trinajstić information content (AvgIpc) is 2.58. The van der Waals surface area contributed by atoms with E-state index in [1.54, 1.807) is 0 Å². The highest BCUT2D eigenvalue weighted by Gasteiger charge is 2.43. The predicted octanol–water partition coefficient (Wildman–Crippen LogP) is 4.81. The number of hydrogen-bond donors (Lipinski definition) is 1. The van der Waals surface area contributed by atoms with Crippen molar-refractivity contribution in [2.45, 2.75) is 77.2 Å². The molecule has 140 valence electrons. The Kier molecular flexibility index (Phi) is 6.06. The second-order valence-electron chi connectivity index (χ2n) is 8.68. The van der Waals surface area contributed by atoms with E-state index in [2.05, 4.69) is 39.0 Å². The first kappa shape index (κ1) is 18.7. The summed E-state index contributed by atoms with van der Waals surface area (Å²) < 4.78 is 11.5. The number of fused-ring (bicyclic) bond motifs is 4. The second kappa shape index (κ2) is 8.09. The quantitative estimate of drug-likeness (QED) is 0.594. The molecule has 3 rings (SSSR count). The monoisotopic (exact) mass is 345 g/mol. The first-order chi connectivity index (χ1) is 12.0. The van der Waals surface area contributed by atoms with Gasteiger partial charge in [0.05, 0.1) is 6.61 Å². The summed E-state index contributed by atoms with van der Waals surface area (Å²) in [6.45, 7) is 7.88. The highest BCUT2D eigenvalue weighted by molar-refractivity contribution is 5.44. The van der Waals surface area contributed by atoms with Crippen LogP contribution in [0.15, 0.2) is 18.2 Å². The van der Waals surface area contributed by atoms with Crippen LogP contribution in [-0.2, 0) is 16.6 Å². The van der Waals surface area contributed by atoms with Crippen LogP contribution in [0.2, 0.25) is 0 Å². The largest absolute Gasteiger partial charge is 0.468 e. The maximum atomic E-state index is 6.76. The van der Waals surface area contributed by atoms with Gasteiger partial charge in [0.25, 0.3) is 0 Å². The van der Waals surface area contributed by atoms with Crippen LogP contribution in [0, 0.1) is 11.8 Å². The van der Waals surface area contributed by atoms with Gasteiger partial charge in [-0.15, -0.1) is 0 Å². The number of ether oxygens (including phenoxy) is 2. The van der Waals surface area contributed by atoms with Gasteiger partial charge in [0.1, 0.15) is 5.75 Å². The third kappa shape index (κ3) is 4.20. The van der Waals surface area contributed by atoms with Crippen LogP contribution in [0.25, 0.3) is 0 Å². The molecule has 25 heavy (non-hydrogen) atoms. The van der Waals surface area contributed by atoms with E-state index >= 15 is 0 Å². The first-order valence-corrected chi connectivity index (χ1v) is 10.1. The van der Waals surface area contributed by atoms with Gasteiger partial charge in [-0.25, -0.2) is 0 Å². The third-order valence-corrected chi connectivity index (χ3v) is 6.34. The van der Waals surface area contributed by atoms with Crippen molar-refractivity contribution in [3.63, 3.8) is 0 Å². The molecule has 2 aliphatic rings. The molecule has 0 spiro atoms. The Morgan fingerprint density at radius 1 is 1.24 bits per heavy atom. The fourth-order valence-corrected chi connectivity index (χ4v) is 4.61. The summed E-state index contributed by atoms with van der Waals surface area (Å²) in [6, 6.07) is 6.86. The normalized spacial score (nSPS) is 29.0. The van der Waals surface area contributed by atoms with Gasteiger partial charge in [-0.1, -0.05) is 46.1 Å². The highest BCUT2D eigenvalue weighted by atomic mass is 16.7. The summed E-state index contributed by atoms with van der Waals surface area (Å²) >= 11 is 0. The molecule has 2 bridgehead atoms. The maximum Gasteiger partial charge on any atom is 0.189 e. The molecule has 3 nitrogen and oxygen atoms in total. The standard InChI is InChI=1S/C22H35NO2/c1-16(2)10-12-24-15-25-19-9-8-17-13-18-7-5-4-6-11-22(3,21(18)23)20(17)14-19/h8-9,14,16,18,21H,4-7,10-13,15,23H2,1-3H3/t18-,21-,22+/m0/s1. The summed E-state index contributed by atoms with van der Waals surface area (Å²) in [5, 5.41) is 0. The summed E-state index contributed by atoms with van der Waals surface area (Å²) in [5.41, 5.74) is 9.73. The van der Waals surface area contributed by atoms with Gasteiger partial charge in [-0.2, -0.15) is 0 Å². The second-order valence-corrected chi connectivity index (χ2v) is 8.68. The number of rotatable bonds is 6. The average molecular weight is 346 g/mol. The van der Waals surface area contributed by atoms with Crippen molar-refractivity contribution in [2.24, 2.45) is 17.6 Å². The first-order valence-electron chi connectivity index (χ1n) is 10.1. The van der Waals surface area contributed by atoms with Gasteiger partial charge in [-0.3, -0.25) is 0 Å². The van der Waals surface area contributed by atoms with Crippen molar-refractivity contribution in [2.75, 3.05) is 13.4 Å². The summed E-state index contributed by atoms with van der Waals surface area (Å²) in [5.74, 6) is 2.21. The molecule has 3 heteroatoms. The number of nitrogens with two attached hydrogens (primary N) is 1. The Balaban J connectivity index is 1.71. The molecule has 0 heterocycles. The van der Waals surface area contributed by atoms with Gasteiger partial charge < -0.3 is 15.2 Å². The smallest absolute Gasteiger partial charge is 0.189 e. The van der Waals surface area contributed by atoms with Crippen molar-refractivity contribution in [1.82, 2.24) is 0 Å². The van der Waals surface area contributed by atoms with Crippen LogP contribution < -0.4 is 10.5 Å². The van der Waals surface area contributed by atoms with E-state index < -0.39 is 0 Å². The van der Waals surface area contributed by atoms with E-state index in [0.717, 1.165) is 25.2 Å². The summed E-state index contributed by atoms with van der Waals surface area (Å²) in [7, 11) is 0. The van der Waals surface area contributed by atoms with E-state index in [4.69, 9.17) is 15.2 Å². The Hall–Kier alpha value is -1.06. The molecular formula is C22H35NO2. The van der Waals surface area contributed by atoms with Crippen molar-refractivity contribution in [3.8, 4) is 5.75 Å². The molecule has 0 saturated heterocycles. The molecule has 0 aliphatic heterocycles. The lowest BCUT2D eigenvalue weighted by atomic mass is 9.60. The highest BCUT2D eigenvalue weighted by Crippen LogP contribution is 2.46. The molecule has 1 aromatic carbocycles. The lowest BCUT2D eigenvalue weighted by Gasteiger charge is -2.47. The number of hydrogen-bond acceptors (Lipinski definition) is 3. The molecule has 0 amide bonds. The fraction of sp³-hybridized carbons (Fsp3) is 0.727. The van der Waals surface area contributed by atoms with Crippen molar-refractivity contribution < 1.29 is 9.47 Å². The Bertz CT molecular complexity index is 571. The minimum absolute atomic E-state index is 0.0799. The Morgan fingerprint density at radius 2 is 2.08 bits per heavy atom. The Labute approximate surface area is 153 Å². The zero-order valence-electron chi connectivity index (χ0n) is 16.2. The van der Waals surface area contributed by atoms with E-state index in [-0.39, 0.29) is 11.5 Å². The summed E-state index contributed by atoms with van der Waals surface area (Å²) in [6.07, 6.45) is 8.61. The molecule has 1 aromatic rings. The molecule has 0 unspecified atom stereocenters. The maximum absolute atomic E-state index is 6.76. The van der Waals surface area contributed by atoms with Crippen molar-refractivity contribution >= 4 is 0 Å². The zero-order chi connectivity index (χ0) is 17.9. The zero-order valence-corrected chi connectivity index (χ0v) is 16.2. The molecular weight excluding hydrogens is 310 g/mol. The molecule has 1 fully saturated rings. The van der Waals surface area contributed by atoms with Gasteiger partial charge in [0.15, 0.2) is 6.79 Å². The van der Waals surface area contributed by atoms with Crippen LogP contribution in [0.1, 0.15) is 70.4 Å². The van der Waals surface area contributed by atoms with Gasteiger partial charge in [-0.05, 0) is 60.8 Å². The lowest BCUT2D eigenvalue weighted by molar-refractivity contribution is 0.0106. The molecule has 2 aliphatic carbocycles. The minimum atomic E-state index is 0.0799. The fourth-order valence-electron chi connectivity index (χ4n) is 4.61.